The SMILES string of the molecule is Cc1cccc(C(=O)NC2CCC2)c1I. The number of halogens is 1. The van der Waals surface area contributed by atoms with Gasteiger partial charge >= 0.3 is 0 Å². The monoisotopic (exact) mass is 315 g/mol. The molecule has 1 amide bonds. The first kappa shape index (κ1) is 10.9. The molecular weight excluding hydrogens is 301 g/mol. The molecule has 1 aliphatic rings. The molecule has 0 unspecified atom stereocenters. The molecular formula is C12H14INO. The first-order valence-electron chi connectivity index (χ1n) is 5.24. The van der Waals surface area contributed by atoms with Gasteiger partial charge in [0.05, 0.1) is 5.56 Å². The average Bonchev–Trinajstić information content (AvgIpc) is 2.15. The number of benzene rings is 1. The fraction of sp³-hybridized carbons (Fsp3) is 0.417. The molecule has 0 radical (unpaired) electrons. The summed E-state index contributed by atoms with van der Waals surface area (Å²) in [4.78, 5) is 11.9. The van der Waals surface area contributed by atoms with Crippen molar-refractivity contribution in [3.8, 4) is 0 Å². The molecule has 15 heavy (non-hydrogen) atoms. The number of hydrogen-bond acceptors (Lipinski definition) is 1. The predicted octanol–water partition coefficient (Wildman–Crippen LogP) is 2.88. The number of carbonyl (C=O) groups excluding carboxylic acids is 1. The highest BCUT2D eigenvalue weighted by Crippen LogP contribution is 2.20. The van der Waals surface area contributed by atoms with Gasteiger partial charge in [-0.05, 0) is 60.4 Å². The summed E-state index contributed by atoms with van der Waals surface area (Å²) >= 11 is 2.24. The maximum atomic E-state index is 11.9. The maximum Gasteiger partial charge on any atom is 0.252 e. The van der Waals surface area contributed by atoms with Gasteiger partial charge in [0.25, 0.3) is 5.91 Å². The number of aryl methyl sites for hydroxylation is 1. The summed E-state index contributed by atoms with van der Waals surface area (Å²) in [6.07, 6.45) is 3.51. The summed E-state index contributed by atoms with van der Waals surface area (Å²) in [6.45, 7) is 2.03. The molecule has 3 heteroatoms. The standard InChI is InChI=1S/C12H14INO/c1-8-4-2-7-10(11(8)13)12(15)14-9-5-3-6-9/h2,4,7,9H,3,5-6H2,1H3,(H,14,15). The summed E-state index contributed by atoms with van der Waals surface area (Å²) in [5, 5.41) is 3.06. The Kier molecular flexibility index (Phi) is 3.29. The van der Waals surface area contributed by atoms with Crippen molar-refractivity contribution in [3.05, 3.63) is 32.9 Å². The largest absolute Gasteiger partial charge is 0.349 e. The highest BCUT2D eigenvalue weighted by atomic mass is 127. The average molecular weight is 315 g/mol. The van der Waals surface area contributed by atoms with Crippen LogP contribution < -0.4 is 5.32 Å². The first-order valence-corrected chi connectivity index (χ1v) is 6.32. The first-order chi connectivity index (χ1) is 7.18. The minimum Gasteiger partial charge on any atom is -0.349 e. The van der Waals surface area contributed by atoms with Gasteiger partial charge in [-0.1, -0.05) is 12.1 Å². The zero-order valence-electron chi connectivity index (χ0n) is 8.72. The Labute approximate surface area is 104 Å². The lowest BCUT2D eigenvalue weighted by molar-refractivity contribution is 0.0916. The predicted molar refractivity (Wildman–Crippen MR) is 69.0 cm³/mol. The van der Waals surface area contributed by atoms with Crippen LogP contribution in [0.4, 0.5) is 0 Å². The van der Waals surface area contributed by atoms with Gasteiger partial charge in [0.1, 0.15) is 0 Å². The Morgan fingerprint density at radius 1 is 1.47 bits per heavy atom. The second-order valence-corrected chi connectivity index (χ2v) is 5.12. The Balaban J connectivity index is 2.13. The van der Waals surface area contributed by atoms with Gasteiger partial charge in [0, 0.05) is 9.61 Å². The highest BCUT2D eigenvalue weighted by molar-refractivity contribution is 14.1. The van der Waals surface area contributed by atoms with Crippen LogP contribution in [0.3, 0.4) is 0 Å². The molecule has 2 nitrogen and oxygen atoms in total. The van der Waals surface area contributed by atoms with Crippen molar-refractivity contribution >= 4 is 28.5 Å². The smallest absolute Gasteiger partial charge is 0.252 e. The van der Waals surface area contributed by atoms with Crippen LogP contribution in [-0.4, -0.2) is 11.9 Å². The Hall–Kier alpha value is -0.580. The van der Waals surface area contributed by atoms with E-state index in [1.165, 1.54) is 6.42 Å². The van der Waals surface area contributed by atoms with Crippen molar-refractivity contribution in [1.82, 2.24) is 5.32 Å². The number of carbonyl (C=O) groups is 1. The van der Waals surface area contributed by atoms with E-state index in [4.69, 9.17) is 0 Å². The Bertz CT molecular complexity index is 385. The highest BCUT2D eigenvalue weighted by Gasteiger charge is 2.21. The van der Waals surface area contributed by atoms with E-state index in [2.05, 4.69) is 27.9 Å². The van der Waals surface area contributed by atoms with Crippen LogP contribution in [0.25, 0.3) is 0 Å². The topological polar surface area (TPSA) is 29.1 Å². The van der Waals surface area contributed by atoms with E-state index >= 15 is 0 Å². The van der Waals surface area contributed by atoms with Gasteiger partial charge < -0.3 is 5.32 Å². The van der Waals surface area contributed by atoms with Crippen LogP contribution in [0.2, 0.25) is 0 Å². The van der Waals surface area contributed by atoms with Crippen LogP contribution in [-0.2, 0) is 0 Å². The molecule has 1 aliphatic carbocycles. The quantitative estimate of drug-likeness (QED) is 0.836. The molecule has 0 aliphatic heterocycles. The van der Waals surface area contributed by atoms with Crippen LogP contribution >= 0.6 is 22.6 Å². The van der Waals surface area contributed by atoms with Crippen molar-refractivity contribution in [3.63, 3.8) is 0 Å². The van der Waals surface area contributed by atoms with Crippen molar-refractivity contribution in [1.29, 1.82) is 0 Å². The van der Waals surface area contributed by atoms with Crippen molar-refractivity contribution in [2.45, 2.75) is 32.2 Å². The van der Waals surface area contributed by atoms with Gasteiger partial charge in [0.15, 0.2) is 0 Å². The molecule has 0 aromatic heterocycles. The molecule has 0 heterocycles. The van der Waals surface area contributed by atoms with Gasteiger partial charge in [-0.25, -0.2) is 0 Å². The minimum absolute atomic E-state index is 0.0767. The van der Waals surface area contributed by atoms with E-state index in [9.17, 15) is 4.79 Å². The molecule has 1 saturated carbocycles. The van der Waals surface area contributed by atoms with Gasteiger partial charge in [-0.3, -0.25) is 4.79 Å². The molecule has 2 rings (SSSR count). The second-order valence-electron chi connectivity index (χ2n) is 4.04. The van der Waals surface area contributed by atoms with E-state index in [0.717, 1.165) is 27.5 Å². The number of rotatable bonds is 2. The van der Waals surface area contributed by atoms with Crippen LogP contribution in [0, 0.1) is 10.5 Å². The van der Waals surface area contributed by atoms with Gasteiger partial charge in [-0.15, -0.1) is 0 Å². The molecule has 0 bridgehead atoms. The zero-order valence-corrected chi connectivity index (χ0v) is 10.9. The molecule has 1 N–H and O–H groups in total. The third-order valence-corrected chi connectivity index (χ3v) is 4.31. The van der Waals surface area contributed by atoms with Crippen molar-refractivity contribution in [2.75, 3.05) is 0 Å². The Morgan fingerprint density at radius 3 is 2.80 bits per heavy atom. The number of hydrogen-bond donors (Lipinski definition) is 1. The number of nitrogens with one attached hydrogen (secondary N) is 1. The van der Waals surface area contributed by atoms with Gasteiger partial charge in [-0.2, -0.15) is 0 Å². The lowest BCUT2D eigenvalue weighted by Gasteiger charge is -2.26. The fourth-order valence-electron chi connectivity index (χ4n) is 1.64. The Morgan fingerprint density at radius 2 is 2.20 bits per heavy atom. The van der Waals surface area contributed by atoms with Crippen molar-refractivity contribution < 1.29 is 4.79 Å². The van der Waals surface area contributed by atoms with E-state index < -0.39 is 0 Å². The molecule has 0 atom stereocenters. The van der Waals surface area contributed by atoms with E-state index in [1.54, 1.807) is 0 Å². The van der Waals surface area contributed by atoms with Crippen LogP contribution in [0.1, 0.15) is 35.2 Å². The second kappa shape index (κ2) is 4.51. The molecule has 80 valence electrons. The summed E-state index contributed by atoms with van der Waals surface area (Å²) in [7, 11) is 0. The van der Waals surface area contributed by atoms with E-state index in [-0.39, 0.29) is 5.91 Å². The number of amides is 1. The molecule has 1 aromatic carbocycles. The molecule has 1 aromatic rings. The van der Waals surface area contributed by atoms with E-state index in [1.807, 2.05) is 25.1 Å². The molecule has 0 spiro atoms. The summed E-state index contributed by atoms with van der Waals surface area (Å²) in [5.74, 6) is 0.0767. The lowest BCUT2D eigenvalue weighted by atomic mass is 9.93. The van der Waals surface area contributed by atoms with Gasteiger partial charge in [0.2, 0.25) is 0 Å². The minimum atomic E-state index is 0.0767. The maximum absolute atomic E-state index is 11.9. The summed E-state index contributed by atoms with van der Waals surface area (Å²) in [6, 6.07) is 6.27. The lowest BCUT2D eigenvalue weighted by Crippen LogP contribution is -2.39. The fourth-order valence-corrected chi connectivity index (χ4v) is 2.24. The molecule has 0 saturated heterocycles. The molecule has 1 fully saturated rings. The van der Waals surface area contributed by atoms with Crippen LogP contribution in [0.15, 0.2) is 18.2 Å². The zero-order chi connectivity index (χ0) is 10.8. The summed E-state index contributed by atoms with van der Waals surface area (Å²) < 4.78 is 1.06. The third-order valence-electron chi connectivity index (χ3n) is 2.88. The normalized spacial score (nSPS) is 15.9. The van der Waals surface area contributed by atoms with E-state index in [0.29, 0.717) is 6.04 Å². The van der Waals surface area contributed by atoms with Crippen LogP contribution in [0.5, 0.6) is 0 Å². The third kappa shape index (κ3) is 2.33. The van der Waals surface area contributed by atoms with Crippen molar-refractivity contribution in [2.24, 2.45) is 0 Å². The summed E-state index contributed by atoms with van der Waals surface area (Å²) in [5.41, 5.74) is 1.97.